The third kappa shape index (κ3) is 7.18. The van der Waals surface area contributed by atoms with Gasteiger partial charge in [0.25, 0.3) is 0 Å². The molecule has 4 nitrogen and oxygen atoms in total. The van der Waals surface area contributed by atoms with Gasteiger partial charge in [-0.2, -0.15) is 0 Å². The average molecular weight is 404 g/mol. The highest BCUT2D eigenvalue weighted by atomic mass is 31.2. The lowest BCUT2D eigenvalue weighted by atomic mass is 9.85. The largest absolute Gasteiger partial charge is 0.469 e. The van der Waals surface area contributed by atoms with Crippen LogP contribution in [-0.2, 0) is 9.09 Å². The summed E-state index contributed by atoms with van der Waals surface area (Å²) in [5.41, 5.74) is 5.20. The molecule has 0 atom stereocenters. The third-order valence-corrected chi connectivity index (χ3v) is 5.68. The van der Waals surface area contributed by atoms with E-state index in [1.54, 1.807) is 0 Å². The van der Waals surface area contributed by atoms with Crippen LogP contribution in [0.15, 0.2) is 48.5 Å². The summed E-state index contributed by atoms with van der Waals surface area (Å²) in [7, 11) is -4.38. The van der Waals surface area contributed by atoms with Crippen LogP contribution >= 0.6 is 7.82 Å². The van der Waals surface area contributed by atoms with E-state index in [9.17, 15) is 4.57 Å². The minimum absolute atomic E-state index is 0.0789. The Morgan fingerprint density at radius 3 is 1.50 bits per heavy atom. The molecule has 0 unspecified atom stereocenters. The summed E-state index contributed by atoms with van der Waals surface area (Å²) in [4.78, 5) is 17.6. The number of hydrogen-bond donors (Lipinski definition) is 2. The van der Waals surface area contributed by atoms with E-state index < -0.39 is 7.82 Å². The van der Waals surface area contributed by atoms with Gasteiger partial charge in [0.05, 0.1) is 6.61 Å². The Kier molecular flexibility index (Phi) is 8.45. The van der Waals surface area contributed by atoms with Gasteiger partial charge in [0.15, 0.2) is 0 Å². The molecule has 0 bridgehead atoms. The first kappa shape index (κ1) is 22.8. The molecule has 0 radical (unpaired) electrons. The van der Waals surface area contributed by atoms with Crippen LogP contribution in [0.2, 0.25) is 0 Å². The molecule has 2 rings (SSSR count). The molecule has 2 aromatic rings. The maximum atomic E-state index is 10.8. The van der Waals surface area contributed by atoms with E-state index in [-0.39, 0.29) is 12.5 Å². The summed E-state index contributed by atoms with van der Waals surface area (Å²) in [6.45, 7) is 8.85. The zero-order valence-electron chi connectivity index (χ0n) is 17.3. The van der Waals surface area contributed by atoms with Gasteiger partial charge in [-0.25, -0.2) is 4.57 Å². The van der Waals surface area contributed by atoms with E-state index in [0.29, 0.717) is 18.3 Å². The Balaban J connectivity index is 2.14. The quantitative estimate of drug-likeness (QED) is 0.358. The van der Waals surface area contributed by atoms with Gasteiger partial charge in [-0.05, 0) is 46.9 Å². The fourth-order valence-electron chi connectivity index (χ4n) is 3.39. The molecule has 0 aliphatic carbocycles. The second kappa shape index (κ2) is 10.4. The van der Waals surface area contributed by atoms with Crippen molar-refractivity contribution in [2.75, 3.05) is 6.61 Å². The monoisotopic (exact) mass is 404 g/mol. The number of phosphoric ester groups is 1. The number of hydrogen-bond acceptors (Lipinski definition) is 2. The minimum atomic E-state index is -4.38. The predicted molar refractivity (Wildman–Crippen MR) is 115 cm³/mol. The first-order valence-electron chi connectivity index (χ1n) is 10.1. The van der Waals surface area contributed by atoms with Crippen LogP contribution in [0.25, 0.3) is 0 Å². The van der Waals surface area contributed by atoms with Crippen LogP contribution in [0.3, 0.4) is 0 Å². The minimum Gasteiger partial charge on any atom is -0.303 e. The molecule has 28 heavy (non-hydrogen) atoms. The molecular weight excluding hydrogens is 371 g/mol. The molecule has 0 aliphatic heterocycles. The lowest BCUT2D eigenvalue weighted by molar-refractivity contribution is 0.193. The number of rotatable bonds is 10. The topological polar surface area (TPSA) is 66.8 Å². The van der Waals surface area contributed by atoms with Crippen LogP contribution in [0.4, 0.5) is 0 Å². The van der Waals surface area contributed by atoms with E-state index in [1.807, 2.05) is 0 Å². The highest BCUT2D eigenvalue weighted by Crippen LogP contribution is 2.36. The molecule has 2 aromatic carbocycles. The average Bonchev–Trinajstić information content (AvgIpc) is 2.64. The van der Waals surface area contributed by atoms with Gasteiger partial charge >= 0.3 is 7.82 Å². The Hall–Kier alpha value is -1.45. The van der Waals surface area contributed by atoms with Gasteiger partial charge in [0.2, 0.25) is 0 Å². The van der Waals surface area contributed by atoms with Gasteiger partial charge in [0.1, 0.15) is 0 Å². The molecule has 0 heterocycles. The zero-order valence-corrected chi connectivity index (χ0v) is 18.2. The van der Waals surface area contributed by atoms with E-state index in [2.05, 4.69) is 80.7 Å². The van der Waals surface area contributed by atoms with Crippen molar-refractivity contribution in [2.24, 2.45) is 0 Å². The SMILES string of the molecule is CC(C)c1ccc(C(CCCCOP(=O)(O)O)c2ccc(C(C)C)cc2)cc1. The van der Waals surface area contributed by atoms with E-state index in [1.165, 1.54) is 22.3 Å². The fourth-order valence-corrected chi connectivity index (χ4v) is 3.75. The molecular formula is C23H33O4P. The summed E-state index contributed by atoms with van der Waals surface area (Å²) >= 11 is 0. The second-order valence-corrected chi connectivity index (χ2v) is 9.25. The van der Waals surface area contributed by atoms with Gasteiger partial charge < -0.3 is 9.79 Å². The van der Waals surface area contributed by atoms with Crippen molar-refractivity contribution in [3.8, 4) is 0 Å². The molecule has 0 aromatic heterocycles. The summed E-state index contributed by atoms with van der Waals surface area (Å²) in [5.74, 6) is 1.27. The van der Waals surface area contributed by atoms with Crippen molar-refractivity contribution in [1.29, 1.82) is 0 Å². The highest BCUT2D eigenvalue weighted by molar-refractivity contribution is 7.46. The lowest BCUT2D eigenvalue weighted by Crippen LogP contribution is -2.04. The normalized spacial score (nSPS) is 12.3. The van der Waals surface area contributed by atoms with Gasteiger partial charge in [-0.15, -0.1) is 0 Å². The maximum Gasteiger partial charge on any atom is 0.469 e. The van der Waals surface area contributed by atoms with E-state index in [4.69, 9.17) is 9.79 Å². The summed E-state index contributed by atoms with van der Waals surface area (Å²) in [6.07, 6.45) is 2.37. The molecule has 0 saturated carbocycles. The third-order valence-electron chi connectivity index (χ3n) is 5.16. The fraction of sp³-hybridized carbons (Fsp3) is 0.478. The highest BCUT2D eigenvalue weighted by Gasteiger charge is 2.16. The Labute approximate surface area is 169 Å². The molecule has 0 fully saturated rings. The van der Waals surface area contributed by atoms with Crippen molar-refractivity contribution in [3.05, 3.63) is 70.8 Å². The molecule has 5 heteroatoms. The van der Waals surface area contributed by atoms with Crippen molar-refractivity contribution in [3.63, 3.8) is 0 Å². The molecule has 2 N–H and O–H groups in total. The second-order valence-electron chi connectivity index (χ2n) is 8.01. The van der Waals surface area contributed by atoms with Crippen molar-refractivity contribution in [2.45, 2.75) is 64.7 Å². The standard InChI is InChI=1S/C23H33O4P/c1-17(2)19-8-12-21(13-9-19)23(7-5-6-16-27-28(24,25)26)22-14-10-20(11-15-22)18(3)4/h8-15,17-18,23H,5-7,16H2,1-4H3,(H2,24,25,26). The lowest BCUT2D eigenvalue weighted by Gasteiger charge is -2.20. The first-order valence-corrected chi connectivity index (χ1v) is 11.6. The Morgan fingerprint density at radius 1 is 0.750 bits per heavy atom. The first-order chi connectivity index (χ1) is 13.2. The van der Waals surface area contributed by atoms with Gasteiger partial charge in [-0.3, -0.25) is 4.52 Å². The predicted octanol–water partition coefficient (Wildman–Crippen LogP) is 6.34. The Morgan fingerprint density at radius 2 is 1.14 bits per heavy atom. The molecule has 154 valence electrons. The number of unbranched alkanes of at least 4 members (excludes halogenated alkanes) is 1. The molecule has 0 aliphatic rings. The van der Waals surface area contributed by atoms with Crippen LogP contribution in [0.1, 0.15) is 87.0 Å². The Bertz CT molecular complexity index is 709. The summed E-state index contributed by atoms with van der Waals surface area (Å²) in [5, 5.41) is 0. The van der Waals surface area contributed by atoms with Crippen LogP contribution < -0.4 is 0 Å². The van der Waals surface area contributed by atoms with Crippen LogP contribution in [-0.4, -0.2) is 16.4 Å². The van der Waals surface area contributed by atoms with Crippen molar-refractivity contribution in [1.82, 2.24) is 0 Å². The molecule has 0 amide bonds. The molecule has 0 spiro atoms. The zero-order chi connectivity index (χ0) is 20.7. The van der Waals surface area contributed by atoms with E-state index in [0.717, 1.165) is 12.8 Å². The smallest absolute Gasteiger partial charge is 0.303 e. The van der Waals surface area contributed by atoms with E-state index >= 15 is 0 Å². The van der Waals surface area contributed by atoms with Gasteiger partial charge in [-0.1, -0.05) is 82.6 Å². The molecule has 0 saturated heterocycles. The van der Waals surface area contributed by atoms with Gasteiger partial charge in [0, 0.05) is 5.92 Å². The van der Waals surface area contributed by atoms with Crippen LogP contribution in [0.5, 0.6) is 0 Å². The number of benzene rings is 2. The summed E-state index contributed by atoms with van der Waals surface area (Å²) < 4.78 is 15.4. The van der Waals surface area contributed by atoms with Crippen LogP contribution in [0, 0.1) is 0 Å². The van der Waals surface area contributed by atoms with Crippen molar-refractivity contribution < 1.29 is 18.9 Å². The summed E-state index contributed by atoms with van der Waals surface area (Å²) in [6, 6.07) is 17.6. The van der Waals surface area contributed by atoms with Crippen molar-refractivity contribution >= 4 is 7.82 Å². The maximum absolute atomic E-state index is 10.8. The number of phosphoric acid groups is 1.